The summed E-state index contributed by atoms with van der Waals surface area (Å²) in [4.78, 5) is 10.6. The van der Waals surface area contributed by atoms with E-state index in [9.17, 15) is 4.79 Å². The van der Waals surface area contributed by atoms with Crippen molar-refractivity contribution in [2.45, 2.75) is 20.4 Å². The normalized spacial score (nSPS) is 10.5. The van der Waals surface area contributed by atoms with Crippen molar-refractivity contribution >= 4 is 5.97 Å². The number of aromatic nitrogens is 2. The number of carboxylic acids is 1. The van der Waals surface area contributed by atoms with E-state index in [4.69, 9.17) is 5.11 Å². The summed E-state index contributed by atoms with van der Waals surface area (Å²) in [6.45, 7) is 3.96. The van der Waals surface area contributed by atoms with Crippen LogP contribution in [-0.2, 0) is 11.3 Å². The fourth-order valence-electron chi connectivity index (χ4n) is 1.77. The van der Waals surface area contributed by atoms with Crippen LogP contribution in [0.3, 0.4) is 0 Å². The van der Waals surface area contributed by atoms with Crippen molar-refractivity contribution in [1.29, 1.82) is 0 Å². The highest BCUT2D eigenvalue weighted by Crippen LogP contribution is 2.23. The Labute approximate surface area is 99.5 Å². The van der Waals surface area contributed by atoms with E-state index in [1.54, 1.807) is 12.4 Å². The van der Waals surface area contributed by atoms with Gasteiger partial charge in [0.25, 0.3) is 0 Å². The molecule has 0 aliphatic heterocycles. The first-order valence-electron chi connectivity index (χ1n) is 5.38. The number of carbonyl (C=O) groups is 1. The highest BCUT2D eigenvalue weighted by Gasteiger charge is 2.06. The first-order valence-corrected chi connectivity index (χ1v) is 5.38. The lowest BCUT2D eigenvalue weighted by Crippen LogP contribution is -2.08. The van der Waals surface area contributed by atoms with Gasteiger partial charge in [-0.15, -0.1) is 0 Å². The van der Waals surface area contributed by atoms with Gasteiger partial charge in [0.05, 0.1) is 6.20 Å². The van der Waals surface area contributed by atoms with E-state index in [1.165, 1.54) is 10.2 Å². The van der Waals surface area contributed by atoms with Crippen LogP contribution in [0.15, 0.2) is 30.6 Å². The lowest BCUT2D eigenvalue weighted by Gasteiger charge is -2.04. The van der Waals surface area contributed by atoms with Crippen molar-refractivity contribution in [3.63, 3.8) is 0 Å². The quantitative estimate of drug-likeness (QED) is 0.879. The molecule has 4 nitrogen and oxygen atoms in total. The van der Waals surface area contributed by atoms with E-state index >= 15 is 0 Å². The van der Waals surface area contributed by atoms with Gasteiger partial charge in [-0.1, -0.05) is 23.8 Å². The zero-order chi connectivity index (χ0) is 12.4. The molecule has 0 radical (unpaired) electrons. The fourth-order valence-corrected chi connectivity index (χ4v) is 1.77. The van der Waals surface area contributed by atoms with Crippen molar-refractivity contribution in [2.75, 3.05) is 0 Å². The maximum Gasteiger partial charge on any atom is 0.325 e. The number of aryl methyl sites for hydroxylation is 2. The molecule has 0 amide bonds. The number of benzene rings is 1. The van der Waals surface area contributed by atoms with E-state index in [2.05, 4.69) is 23.3 Å². The van der Waals surface area contributed by atoms with E-state index in [0.717, 1.165) is 16.7 Å². The largest absolute Gasteiger partial charge is 0.480 e. The smallest absolute Gasteiger partial charge is 0.325 e. The maximum absolute atomic E-state index is 10.6. The lowest BCUT2D eigenvalue weighted by atomic mass is 10.0. The molecular formula is C13H14N2O2. The molecule has 0 aliphatic rings. The molecule has 2 aromatic rings. The van der Waals surface area contributed by atoms with Gasteiger partial charge in [-0.3, -0.25) is 9.48 Å². The van der Waals surface area contributed by atoms with E-state index in [0.29, 0.717) is 0 Å². The Morgan fingerprint density at radius 3 is 2.88 bits per heavy atom. The average molecular weight is 230 g/mol. The number of hydrogen-bond donors (Lipinski definition) is 1. The number of hydrogen-bond acceptors (Lipinski definition) is 2. The second-order valence-corrected chi connectivity index (χ2v) is 4.14. The summed E-state index contributed by atoms with van der Waals surface area (Å²) in [5.41, 5.74) is 4.39. The number of nitrogens with zero attached hydrogens (tertiary/aromatic N) is 2. The molecule has 1 heterocycles. The van der Waals surface area contributed by atoms with Gasteiger partial charge in [0.1, 0.15) is 6.54 Å². The summed E-state index contributed by atoms with van der Waals surface area (Å²) in [6.07, 6.45) is 3.46. The van der Waals surface area contributed by atoms with Gasteiger partial charge >= 0.3 is 5.97 Å². The Bertz CT molecular complexity index is 558. The third kappa shape index (κ3) is 2.53. The molecule has 1 aromatic carbocycles. The van der Waals surface area contributed by atoms with Crippen molar-refractivity contribution in [1.82, 2.24) is 9.78 Å². The van der Waals surface area contributed by atoms with Crippen molar-refractivity contribution in [3.05, 3.63) is 41.7 Å². The minimum Gasteiger partial charge on any atom is -0.480 e. The minimum absolute atomic E-state index is 0.106. The minimum atomic E-state index is -0.888. The number of rotatable bonds is 3. The van der Waals surface area contributed by atoms with Crippen LogP contribution in [0.1, 0.15) is 11.1 Å². The highest BCUT2D eigenvalue weighted by molar-refractivity contribution is 5.68. The molecule has 1 aromatic heterocycles. The van der Waals surface area contributed by atoms with Crippen LogP contribution < -0.4 is 0 Å². The number of carboxylic acid groups (broad SMARTS) is 1. The van der Waals surface area contributed by atoms with Crippen molar-refractivity contribution in [3.8, 4) is 11.1 Å². The summed E-state index contributed by atoms with van der Waals surface area (Å²) in [7, 11) is 0. The van der Waals surface area contributed by atoms with Gasteiger partial charge in [0.2, 0.25) is 0 Å². The predicted molar refractivity (Wildman–Crippen MR) is 64.8 cm³/mol. The summed E-state index contributed by atoms with van der Waals surface area (Å²) >= 11 is 0. The molecule has 2 rings (SSSR count). The molecule has 0 aliphatic carbocycles. The van der Waals surface area contributed by atoms with Gasteiger partial charge in [-0.05, 0) is 25.0 Å². The average Bonchev–Trinajstić information content (AvgIpc) is 2.69. The van der Waals surface area contributed by atoms with Crippen LogP contribution in [0, 0.1) is 13.8 Å². The van der Waals surface area contributed by atoms with Crippen LogP contribution >= 0.6 is 0 Å². The standard InChI is InChI=1S/C13H14N2O2/c1-9-3-4-10(2)12(5-9)11-6-14-15(7-11)8-13(16)17/h3-7H,8H2,1-2H3,(H,16,17). The van der Waals surface area contributed by atoms with Crippen LogP contribution in [0.25, 0.3) is 11.1 Å². The lowest BCUT2D eigenvalue weighted by molar-refractivity contribution is -0.137. The summed E-state index contributed by atoms with van der Waals surface area (Å²) in [5.74, 6) is -0.888. The SMILES string of the molecule is Cc1ccc(C)c(-c2cnn(CC(=O)O)c2)c1. The Morgan fingerprint density at radius 1 is 1.41 bits per heavy atom. The summed E-state index contributed by atoms with van der Waals surface area (Å²) in [5, 5.41) is 12.7. The summed E-state index contributed by atoms with van der Waals surface area (Å²) in [6, 6.07) is 6.19. The van der Waals surface area contributed by atoms with Gasteiger partial charge in [0, 0.05) is 11.8 Å². The molecule has 0 saturated heterocycles. The third-order valence-electron chi connectivity index (χ3n) is 2.63. The van der Waals surface area contributed by atoms with E-state index in [1.807, 2.05) is 13.8 Å². The zero-order valence-corrected chi connectivity index (χ0v) is 9.84. The molecule has 88 valence electrons. The van der Waals surface area contributed by atoms with Crippen molar-refractivity contribution < 1.29 is 9.90 Å². The molecule has 0 bridgehead atoms. The Kier molecular flexibility index (Phi) is 2.95. The molecule has 0 saturated carbocycles. The molecular weight excluding hydrogens is 216 g/mol. The molecule has 17 heavy (non-hydrogen) atoms. The second-order valence-electron chi connectivity index (χ2n) is 4.14. The van der Waals surface area contributed by atoms with E-state index in [-0.39, 0.29) is 6.54 Å². The first-order chi connectivity index (χ1) is 8.06. The number of aliphatic carboxylic acids is 1. The molecule has 0 fully saturated rings. The van der Waals surface area contributed by atoms with Crippen LogP contribution in [-0.4, -0.2) is 20.9 Å². The Hall–Kier alpha value is -2.10. The maximum atomic E-state index is 10.6. The first kappa shape index (κ1) is 11.4. The monoisotopic (exact) mass is 230 g/mol. The van der Waals surface area contributed by atoms with Crippen molar-refractivity contribution in [2.24, 2.45) is 0 Å². The van der Waals surface area contributed by atoms with Crippen LogP contribution in [0.4, 0.5) is 0 Å². The molecule has 0 unspecified atom stereocenters. The van der Waals surface area contributed by atoms with Gasteiger partial charge in [-0.2, -0.15) is 5.10 Å². The van der Waals surface area contributed by atoms with Crippen LogP contribution in [0.5, 0.6) is 0 Å². The molecule has 4 heteroatoms. The highest BCUT2D eigenvalue weighted by atomic mass is 16.4. The zero-order valence-electron chi connectivity index (χ0n) is 9.84. The molecule has 0 atom stereocenters. The van der Waals surface area contributed by atoms with Crippen LogP contribution in [0.2, 0.25) is 0 Å². The molecule has 0 spiro atoms. The van der Waals surface area contributed by atoms with Gasteiger partial charge < -0.3 is 5.11 Å². The second kappa shape index (κ2) is 4.41. The topological polar surface area (TPSA) is 55.1 Å². The fraction of sp³-hybridized carbons (Fsp3) is 0.231. The molecule has 1 N–H and O–H groups in total. The predicted octanol–water partition coefficient (Wildman–Crippen LogP) is 2.25. The van der Waals surface area contributed by atoms with E-state index < -0.39 is 5.97 Å². The Balaban J connectivity index is 2.36. The van der Waals surface area contributed by atoms with Gasteiger partial charge in [0.15, 0.2) is 0 Å². The summed E-state index contributed by atoms with van der Waals surface area (Å²) < 4.78 is 1.43. The van der Waals surface area contributed by atoms with Gasteiger partial charge in [-0.25, -0.2) is 0 Å². The third-order valence-corrected chi connectivity index (χ3v) is 2.63. The Morgan fingerprint density at radius 2 is 2.18 bits per heavy atom.